The fraction of sp³-hybridized carbons (Fsp3) is 0.333. The largest absolute Gasteiger partial charge is 0.494 e. The summed E-state index contributed by atoms with van der Waals surface area (Å²) in [6.45, 7) is 0.657. The van der Waals surface area contributed by atoms with Crippen molar-refractivity contribution in [2.75, 3.05) is 13.7 Å². The Hall–Kier alpha value is -3.29. The van der Waals surface area contributed by atoms with Gasteiger partial charge in [0, 0.05) is 37.0 Å². The second kappa shape index (κ2) is 8.38. The number of amides is 1. The van der Waals surface area contributed by atoms with Gasteiger partial charge in [-0.1, -0.05) is 5.16 Å². The van der Waals surface area contributed by atoms with Crippen LogP contribution < -0.4 is 4.74 Å². The van der Waals surface area contributed by atoms with Crippen LogP contribution in [0.1, 0.15) is 35.4 Å². The second-order valence-electron chi connectivity index (χ2n) is 6.94. The number of pyridine rings is 1. The van der Waals surface area contributed by atoms with E-state index in [1.165, 1.54) is 19.2 Å². The maximum Gasteiger partial charge on any atom is 0.259 e. The molecule has 0 bridgehead atoms. The molecule has 4 rings (SSSR count). The molecule has 0 saturated carbocycles. The zero-order valence-corrected chi connectivity index (χ0v) is 16.0. The summed E-state index contributed by atoms with van der Waals surface area (Å²) in [5.41, 5.74) is 1.10. The van der Waals surface area contributed by atoms with Crippen molar-refractivity contribution in [3.63, 3.8) is 0 Å². The lowest BCUT2D eigenvalue weighted by molar-refractivity contribution is 0.0729. The molecule has 150 valence electrons. The number of nitrogens with zero attached hydrogens (tertiary/aromatic N) is 4. The molecule has 1 aliphatic heterocycles. The van der Waals surface area contributed by atoms with E-state index in [-0.39, 0.29) is 17.7 Å². The van der Waals surface area contributed by atoms with E-state index in [4.69, 9.17) is 9.26 Å². The number of likely N-dealkylation sites (tertiary alicyclic amines) is 1. The van der Waals surface area contributed by atoms with Crippen LogP contribution in [0.25, 0.3) is 11.5 Å². The quantitative estimate of drug-likeness (QED) is 0.634. The van der Waals surface area contributed by atoms with E-state index < -0.39 is 5.82 Å². The fourth-order valence-corrected chi connectivity index (χ4v) is 3.63. The summed E-state index contributed by atoms with van der Waals surface area (Å²) in [6, 6.07) is 8.04. The molecule has 1 aliphatic rings. The first-order chi connectivity index (χ1) is 14.2. The van der Waals surface area contributed by atoms with Crippen LogP contribution >= 0.6 is 0 Å². The highest BCUT2D eigenvalue weighted by atomic mass is 19.1. The van der Waals surface area contributed by atoms with Crippen molar-refractivity contribution in [2.45, 2.75) is 31.7 Å². The molecule has 0 spiro atoms. The third-order valence-electron chi connectivity index (χ3n) is 5.11. The van der Waals surface area contributed by atoms with Crippen molar-refractivity contribution in [1.82, 2.24) is 20.0 Å². The first-order valence-corrected chi connectivity index (χ1v) is 9.53. The Balaban J connectivity index is 1.41. The van der Waals surface area contributed by atoms with E-state index in [0.717, 1.165) is 24.8 Å². The predicted octanol–water partition coefficient (Wildman–Crippen LogP) is 3.52. The number of methoxy groups -OCH3 is 1. The summed E-state index contributed by atoms with van der Waals surface area (Å²) in [6.07, 6.45) is 6.48. The smallest absolute Gasteiger partial charge is 0.259 e. The maximum absolute atomic E-state index is 14.0. The Morgan fingerprint density at radius 1 is 1.38 bits per heavy atom. The number of ether oxygens (including phenoxy) is 1. The number of hydrogen-bond donors (Lipinski definition) is 0. The molecular formula is C21H21FN4O3. The van der Waals surface area contributed by atoms with Gasteiger partial charge in [-0.2, -0.15) is 4.98 Å². The van der Waals surface area contributed by atoms with Gasteiger partial charge in [-0.15, -0.1) is 0 Å². The lowest BCUT2D eigenvalue weighted by Crippen LogP contribution is -2.35. The Kier molecular flexibility index (Phi) is 5.50. The van der Waals surface area contributed by atoms with Gasteiger partial charge in [-0.05, 0) is 49.6 Å². The first kappa shape index (κ1) is 19.0. The molecular weight excluding hydrogens is 375 g/mol. The molecule has 3 heterocycles. The van der Waals surface area contributed by atoms with Crippen LogP contribution in [0, 0.1) is 5.82 Å². The van der Waals surface area contributed by atoms with E-state index in [1.807, 2.05) is 17.0 Å². The number of hydrogen-bond acceptors (Lipinski definition) is 6. The van der Waals surface area contributed by atoms with Crippen LogP contribution in [0.4, 0.5) is 4.39 Å². The third-order valence-corrected chi connectivity index (χ3v) is 5.11. The Bertz CT molecular complexity index is 993. The number of rotatable bonds is 6. The van der Waals surface area contributed by atoms with Crippen LogP contribution in [-0.4, -0.2) is 45.6 Å². The van der Waals surface area contributed by atoms with Crippen molar-refractivity contribution in [2.24, 2.45) is 0 Å². The van der Waals surface area contributed by atoms with Gasteiger partial charge < -0.3 is 14.2 Å². The average molecular weight is 396 g/mol. The average Bonchev–Trinajstić information content (AvgIpc) is 3.42. The zero-order valence-electron chi connectivity index (χ0n) is 16.0. The third kappa shape index (κ3) is 4.11. The summed E-state index contributed by atoms with van der Waals surface area (Å²) < 4.78 is 24.2. The van der Waals surface area contributed by atoms with E-state index >= 15 is 0 Å². The number of aryl methyl sites for hydroxylation is 1. The summed E-state index contributed by atoms with van der Waals surface area (Å²) in [4.78, 5) is 23.1. The highest BCUT2D eigenvalue weighted by molar-refractivity contribution is 5.94. The van der Waals surface area contributed by atoms with E-state index in [1.54, 1.807) is 18.5 Å². The molecule has 1 unspecified atom stereocenters. The minimum absolute atomic E-state index is 0.0630. The van der Waals surface area contributed by atoms with Crippen LogP contribution in [0.2, 0.25) is 0 Å². The molecule has 0 radical (unpaired) electrons. The predicted molar refractivity (Wildman–Crippen MR) is 103 cm³/mol. The molecule has 1 aromatic carbocycles. The summed E-state index contributed by atoms with van der Waals surface area (Å²) in [7, 11) is 1.40. The number of aromatic nitrogens is 3. The molecule has 1 saturated heterocycles. The van der Waals surface area contributed by atoms with Crippen LogP contribution in [0.15, 0.2) is 47.2 Å². The number of carbonyl (C=O) groups excluding carboxylic acids is 1. The molecule has 3 aromatic rings. The lowest BCUT2D eigenvalue weighted by Gasteiger charge is -2.24. The summed E-state index contributed by atoms with van der Waals surface area (Å²) in [5.74, 6) is 0.447. The highest BCUT2D eigenvalue weighted by Crippen LogP contribution is 2.26. The minimum Gasteiger partial charge on any atom is -0.494 e. The Morgan fingerprint density at radius 2 is 2.28 bits per heavy atom. The summed E-state index contributed by atoms with van der Waals surface area (Å²) in [5, 5.41) is 4.03. The zero-order chi connectivity index (χ0) is 20.2. The van der Waals surface area contributed by atoms with Gasteiger partial charge in [-0.25, -0.2) is 4.39 Å². The van der Waals surface area contributed by atoms with Crippen molar-refractivity contribution in [3.05, 3.63) is 59.9 Å². The maximum atomic E-state index is 14.0. The van der Waals surface area contributed by atoms with Gasteiger partial charge in [0.15, 0.2) is 17.4 Å². The number of halogens is 1. The monoisotopic (exact) mass is 396 g/mol. The minimum atomic E-state index is -0.538. The molecule has 1 amide bonds. The van der Waals surface area contributed by atoms with Gasteiger partial charge in [0.25, 0.3) is 11.8 Å². The lowest BCUT2D eigenvalue weighted by atomic mass is 10.1. The van der Waals surface area contributed by atoms with Crippen LogP contribution in [-0.2, 0) is 6.42 Å². The normalized spacial score (nSPS) is 16.2. The van der Waals surface area contributed by atoms with Crippen LogP contribution in [0.5, 0.6) is 5.75 Å². The van der Waals surface area contributed by atoms with Gasteiger partial charge in [0.05, 0.1) is 12.7 Å². The molecule has 7 nitrogen and oxygen atoms in total. The van der Waals surface area contributed by atoms with Gasteiger partial charge in [0.2, 0.25) is 0 Å². The van der Waals surface area contributed by atoms with Gasteiger partial charge in [0.1, 0.15) is 0 Å². The topological polar surface area (TPSA) is 81.4 Å². The van der Waals surface area contributed by atoms with Crippen molar-refractivity contribution in [1.29, 1.82) is 0 Å². The van der Waals surface area contributed by atoms with Gasteiger partial charge in [-0.3, -0.25) is 9.78 Å². The number of benzene rings is 1. The molecule has 2 aromatic heterocycles. The fourth-order valence-electron chi connectivity index (χ4n) is 3.63. The molecule has 1 fully saturated rings. The van der Waals surface area contributed by atoms with Gasteiger partial charge >= 0.3 is 0 Å². The summed E-state index contributed by atoms with van der Waals surface area (Å²) >= 11 is 0. The van der Waals surface area contributed by atoms with Crippen molar-refractivity contribution >= 4 is 5.91 Å². The molecule has 1 atom stereocenters. The SMILES string of the molecule is COc1ccc(C(=O)N2CCCC2CCc2noc(-c3cccnc3)n2)cc1F. The first-order valence-electron chi connectivity index (χ1n) is 9.53. The highest BCUT2D eigenvalue weighted by Gasteiger charge is 2.30. The van der Waals surface area contributed by atoms with Crippen LogP contribution in [0.3, 0.4) is 0 Å². The number of carbonyl (C=O) groups is 1. The second-order valence-corrected chi connectivity index (χ2v) is 6.94. The molecule has 0 aliphatic carbocycles. The van der Waals surface area contributed by atoms with E-state index in [0.29, 0.717) is 30.2 Å². The van der Waals surface area contributed by atoms with E-state index in [9.17, 15) is 9.18 Å². The Labute approximate surface area is 167 Å². The standard InChI is InChI=1S/C21H21FN4O3/c1-28-18-8-6-14(12-17(18)22)21(27)26-11-3-5-16(26)7-9-19-24-20(29-25-19)15-4-2-10-23-13-15/h2,4,6,8,10,12-13,16H,3,5,7,9,11H2,1H3. The van der Waals surface area contributed by atoms with Crippen molar-refractivity contribution in [3.8, 4) is 17.2 Å². The molecule has 29 heavy (non-hydrogen) atoms. The molecule has 8 heteroatoms. The Morgan fingerprint density at radius 3 is 3.03 bits per heavy atom. The molecule has 0 N–H and O–H groups in total. The van der Waals surface area contributed by atoms with E-state index in [2.05, 4.69) is 15.1 Å². The van der Waals surface area contributed by atoms with Crippen molar-refractivity contribution < 1.29 is 18.4 Å².